The third-order valence-corrected chi connectivity index (χ3v) is 1.71. The van der Waals surface area contributed by atoms with E-state index in [-0.39, 0.29) is 28.8 Å². The molecule has 1 radical (unpaired) electrons. The fourth-order valence-corrected chi connectivity index (χ4v) is 0.632. The first-order valence-electron chi connectivity index (χ1n) is 2.13. The van der Waals surface area contributed by atoms with E-state index in [0.717, 1.165) is 0 Å². The molecular formula is C3H8AgO4S. The van der Waals surface area contributed by atoms with Gasteiger partial charge >= 0.3 is 0 Å². The molecule has 0 spiro atoms. The van der Waals surface area contributed by atoms with Crippen molar-refractivity contribution >= 4 is 10.1 Å². The Kier molecular flexibility index (Phi) is 6.05. The van der Waals surface area contributed by atoms with E-state index in [2.05, 4.69) is 0 Å². The van der Waals surface area contributed by atoms with Crippen molar-refractivity contribution < 1.29 is 40.5 Å². The van der Waals surface area contributed by atoms with Crippen molar-refractivity contribution in [1.29, 1.82) is 0 Å². The van der Waals surface area contributed by atoms with Gasteiger partial charge in [-0.2, -0.15) is 8.42 Å². The van der Waals surface area contributed by atoms with Gasteiger partial charge in [0.15, 0.2) is 5.44 Å². The van der Waals surface area contributed by atoms with Crippen molar-refractivity contribution in [3.63, 3.8) is 0 Å². The molecule has 0 aromatic heterocycles. The Morgan fingerprint density at radius 3 is 1.89 bits per heavy atom. The second-order valence-corrected chi connectivity index (χ2v) is 2.95. The SMILES string of the molecule is CCC(O)S(=O)(=O)O.[Ag]. The Morgan fingerprint density at radius 1 is 1.56 bits per heavy atom. The average Bonchev–Trinajstić information content (AvgIpc) is 1.62. The summed E-state index contributed by atoms with van der Waals surface area (Å²) in [5, 5.41) is 8.36. The Morgan fingerprint density at radius 2 is 1.89 bits per heavy atom. The maximum atomic E-state index is 9.87. The minimum atomic E-state index is -4.20. The minimum Gasteiger partial charge on any atom is -0.375 e. The van der Waals surface area contributed by atoms with Crippen LogP contribution in [0.1, 0.15) is 13.3 Å². The topological polar surface area (TPSA) is 74.6 Å². The summed E-state index contributed by atoms with van der Waals surface area (Å²) in [6.45, 7) is 1.46. The third-order valence-electron chi connectivity index (χ3n) is 0.693. The van der Waals surface area contributed by atoms with Gasteiger partial charge in [-0.15, -0.1) is 0 Å². The van der Waals surface area contributed by atoms with E-state index in [0.29, 0.717) is 0 Å². The Bertz CT molecular complexity index is 151. The summed E-state index contributed by atoms with van der Waals surface area (Å²) in [5.41, 5.74) is -1.62. The van der Waals surface area contributed by atoms with Gasteiger partial charge < -0.3 is 5.11 Å². The molecule has 0 aromatic carbocycles. The summed E-state index contributed by atoms with van der Waals surface area (Å²) in [7, 11) is -4.20. The van der Waals surface area contributed by atoms with Gasteiger partial charge in [-0.3, -0.25) is 4.55 Å². The maximum Gasteiger partial charge on any atom is 0.291 e. The fourth-order valence-electron chi connectivity index (χ4n) is 0.211. The standard InChI is InChI=1S/C3H8O4S.Ag/c1-2-3(4)8(5,6)7;/h3-4H,2H2,1H3,(H,5,6,7);. The van der Waals surface area contributed by atoms with E-state index < -0.39 is 15.6 Å². The van der Waals surface area contributed by atoms with Gasteiger partial charge in [0, 0.05) is 22.4 Å². The quantitative estimate of drug-likeness (QED) is 0.515. The van der Waals surface area contributed by atoms with Gasteiger partial charge in [0.05, 0.1) is 0 Å². The molecule has 2 N–H and O–H groups in total. The number of aliphatic hydroxyl groups is 1. The molecule has 0 fully saturated rings. The van der Waals surface area contributed by atoms with Crippen molar-refractivity contribution in [2.75, 3.05) is 0 Å². The van der Waals surface area contributed by atoms with Gasteiger partial charge in [-0.05, 0) is 6.42 Å². The Balaban J connectivity index is 0. The minimum absolute atomic E-state index is 0. The summed E-state index contributed by atoms with van der Waals surface area (Å²) in [6, 6.07) is 0. The van der Waals surface area contributed by atoms with Gasteiger partial charge in [0.2, 0.25) is 0 Å². The first kappa shape index (κ1) is 12.3. The van der Waals surface area contributed by atoms with Crippen LogP contribution in [0.4, 0.5) is 0 Å². The van der Waals surface area contributed by atoms with E-state index in [4.69, 9.17) is 9.66 Å². The molecule has 0 bridgehead atoms. The van der Waals surface area contributed by atoms with Gasteiger partial charge in [0.25, 0.3) is 10.1 Å². The molecule has 0 amide bonds. The van der Waals surface area contributed by atoms with Crippen LogP contribution >= 0.6 is 0 Å². The molecule has 0 aliphatic carbocycles. The maximum absolute atomic E-state index is 9.87. The second kappa shape index (κ2) is 4.43. The van der Waals surface area contributed by atoms with Crippen molar-refractivity contribution in [3.8, 4) is 0 Å². The summed E-state index contributed by atoms with van der Waals surface area (Å²) in [5.74, 6) is 0. The third kappa shape index (κ3) is 5.07. The van der Waals surface area contributed by atoms with Crippen molar-refractivity contribution in [2.24, 2.45) is 0 Å². The monoisotopic (exact) mass is 247 g/mol. The number of hydrogen-bond donors (Lipinski definition) is 2. The molecule has 9 heavy (non-hydrogen) atoms. The normalized spacial score (nSPS) is 14.1. The van der Waals surface area contributed by atoms with Crippen LogP contribution in [-0.4, -0.2) is 23.5 Å². The van der Waals surface area contributed by atoms with E-state index in [1.54, 1.807) is 0 Å². The Labute approximate surface area is 69.5 Å². The summed E-state index contributed by atoms with van der Waals surface area (Å²) in [4.78, 5) is 0. The molecule has 0 saturated heterocycles. The fraction of sp³-hybridized carbons (Fsp3) is 1.00. The van der Waals surface area contributed by atoms with Crippen molar-refractivity contribution in [2.45, 2.75) is 18.8 Å². The number of aliphatic hydroxyl groups excluding tert-OH is 1. The second-order valence-electron chi connectivity index (χ2n) is 1.38. The predicted molar refractivity (Wildman–Crippen MR) is 27.8 cm³/mol. The van der Waals surface area contributed by atoms with Crippen LogP contribution in [0.2, 0.25) is 0 Å². The first-order valence-corrected chi connectivity index (χ1v) is 3.63. The molecular weight excluding hydrogens is 240 g/mol. The van der Waals surface area contributed by atoms with Crippen LogP contribution < -0.4 is 0 Å². The van der Waals surface area contributed by atoms with Gasteiger partial charge in [-0.1, -0.05) is 6.92 Å². The zero-order chi connectivity index (χ0) is 6.78. The van der Waals surface area contributed by atoms with Gasteiger partial charge in [0.1, 0.15) is 0 Å². The summed E-state index contributed by atoms with van der Waals surface area (Å²) < 4.78 is 27.7. The van der Waals surface area contributed by atoms with Crippen molar-refractivity contribution in [3.05, 3.63) is 0 Å². The molecule has 1 unspecified atom stereocenters. The van der Waals surface area contributed by atoms with E-state index in [1.807, 2.05) is 0 Å². The van der Waals surface area contributed by atoms with E-state index in [1.165, 1.54) is 6.92 Å². The Hall–Kier alpha value is 0.610. The van der Waals surface area contributed by atoms with Crippen LogP contribution in [0.5, 0.6) is 0 Å². The van der Waals surface area contributed by atoms with Gasteiger partial charge in [-0.25, -0.2) is 0 Å². The zero-order valence-corrected chi connectivity index (χ0v) is 7.00. The molecule has 0 aromatic rings. The molecule has 0 saturated carbocycles. The smallest absolute Gasteiger partial charge is 0.291 e. The zero-order valence-electron chi connectivity index (χ0n) is 4.71. The van der Waals surface area contributed by atoms with Crippen LogP contribution in [-0.2, 0) is 32.5 Å². The van der Waals surface area contributed by atoms with Crippen LogP contribution in [0.25, 0.3) is 0 Å². The van der Waals surface area contributed by atoms with E-state index in [9.17, 15) is 8.42 Å². The molecule has 0 aliphatic rings. The average molecular weight is 248 g/mol. The van der Waals surface area contributed by atoms with E-state index >= 15 is 0 Å². The molecule has 0 rings (SSSR count). The molecule has 6 heteroatoms. The van der Waals surface area contributed by atoms with Crippen LogP contribution in [0.3, 0.4) is 0 Å². The molecule has 0 aliphatic heterocycles. The molecule has 4 nitrogen and oxygen atoms in total. The predicted octanol–water partition coefficient (Wildman–Crippen LogP) is -0.400. The summed E-state index contributed by atoms with van der Waals surface area (Å²) in [6.07, 6.45) is 0.0127. The first-order chi connectivity index (χ1) is 3.48. The summed E-state index contributed by atoms with van der Waals surface area (Å²) >= 11 is 0. The molecule has 0 heterocycles. The molecule has 61 valence electrons. The number of hydrogen-bond acceptors (Lipinski definition) is 3. The van der Waals surface area contributed by atoms with Crippen molar-refractivity contribution in [1.82, 2.24) is 0 Å². The number of rotatable bonds is 2. The largest absolute Gasteiger partial charge is 0.375 e. The molecule has 1 atom stereocenters. The van der Waals surface area contributed by atoms with Crippen LogP contribution in [0, 0.1) is 0 Å². The van der Waals surface area contributed by atoms with Crippen LogP contribution in [0.15, 0.2) is 0 Å².